The van der Waals surface area contributed by atoms with Crippen LogP contribution in [-0.4, -0.2) is 38.9 Å². The Morgan fingerprint density at radius 3 is 2.62 bits per heavy atom. The first-order chi connectivity index (χ1) is 9.60. The second-order valence-electron chi connectivity index (χ2n) is 4.51. The highest BCUT2D eigenvalue weighted by Gasteiger charge is 2.27. The molecule has 0 saturated carbocycles. The van der Waals surface area contributed by atoms with Crippen LogP contribution in [0.5, 0.6) is 0 Å². The average Bonchev–Trinajstić information content (AvgIpc) is 2.40. The second kappa shape index (κ2) is 6.59. The molecule has 0 spiro atoms. The number of nitrogens with zero attached hydrogens (tertiary/aromatic N) is 1. The smallest absolute Gasteiger partial charge is 0.244 e. The van der Waals surface area contributed by atoms with Crippen LogP contribution < -0.4 is 10.5 Å². The first-order valence-corrected chi connectivity index (χ1v) is 7.98. The predicted molar refractivity (Wildman–Crippen MR) is 78.9 cm³/mol. The lowest BCUT2D eigenvalue weighted by Crippen LogP contribution is -2.45. The van der Waals surface area contributed by atoms with Gasteiger partial charge in [-0.25, -0.2) is 12.8 Å². The highest BCUT2D eigenvalue weighted by Crippen LogP contribution is 2.25. The number of nitrogen functional groups attached to an aromatic ring is 1. The first kappa shape index (κ1) is 17.7. The molecular formula is C12H17ClFN3O3S. The maximum atomic E-state index is 13.9. The van der Waals surface area contributed by atoms with Crippen LogP contribution in [0.25, 0.3) is 0 Å². The normalized spacial score (nSPS) is 13.0. The van der Waals surface area contributed by atoms with Gasteiger partial charge in [-0.15, -0.1) is 0 Å². The Morgan fingerprint density at radius 2 is 2.10 bits per heavy atom. The zero-order valence-electron chi connectivity index (χ0n) is 11.9. The van der Waals surface area contributed by atoms with Crippen LogP contribution in [0.15, 0.2) is 17.0 Å². The van der Waals surface area contributed by atoms with Crippen molar-refractivity contribution in [2.75, 3.05) is 19.3 Å². The second-order valence-corrected chi connectivity index (χ2v) is 6.60. The molecule has 0 aliphatic carbocycles. The standard InChI is InChI=1S/C12H17ClFN3O3S/c1-4-17(3)12(18)7(2)16-21(19,20)10-6-8(15)5-9(13)11(10)14/h5-7,16H,4,15H2,1-3H3. The minimum absolute atomic E-state index is 0.00595. The molecule has 1 atom stereocenters. The number of nitrogens with two attached hydrogens (primary N) is 1. The first-order valence-electron chi connectivity index (χ1n) is 6.12. The van der Waals surface area contributed by atoms with E-state index >= 15 is 0 Å². The number of nitrogens with one attached hydrogen (secondary N) is 1. The SMILES string of the molecule is CCN(C)C(=O)C(C)NS(=O)(=O)c1cc(N)cc(Cl)c1F. The van der Waals surface area contributed by atoms with Crippen LogP contribution >= 0.6 is 11.6 Å². The van der Waals surface area contributed by atoms with Gasteiger partial charge in [0.25, 0.3) is 0 Å². The van der Waals surface area contributed by atoms with Crippen LogP contribution in [0.3, 0.4) is 0 Å². The lowest BCUT2D eigenvalue weighted by atomic mass is 10.3. The maximum absolute atomic E-state index is 13.9. The summed E-state index contributed by atoms with van der Waals surface area (Å²) < 4.78 is 40.3. The van der Waals surface area contributed by atoms with E-state index in [9.17, 15) is 17.6 Å². The van der Waals surface area contributed by atoms with Gasteiger partial charge >= 0.3 is 0 Å². The Hall–Kier alpha value is -1.38. The number of sulfonamides is 1. The van der Waals surface area contributed by atoms with Gasteiger partial charge < -0.3 is 10.6 Å². The average molecular weight is 338 g/mol. The molecule has 118 valence electrons. The molecule has 0 bridgehead atoms. The number of carbonyl (C=O) groups is 1. The van der Waals surface area contributed by atoms with Gasteiger partial charge in [-0.1, -0.05) is 11.6 Å². The van der Waals surface area contributed by atoms with Crippen molar-refractivity contribution in [3.05, 3.63) is 23.0 Å². The molecule has 1 aromatic rings. The summed E-state index contributed by atoms with van der Waals surface area (Å²) in [6.45, 7) is 3.54. The molecule has 1 unspecified atom stereocenters. The van der Waals surface area contributed by atoms with Crippen molar-refractivity contribution in [1.82, 2.24) is 9.62 Å². The molecule has 3 N–H and O–H groups in total. The number of amides is 1. The molecule has 0 saturated heterocycles. The molecule has 0 fully saturated rings. The molecule has 1 rings (SSSR count). The van der Waals surface area contributed by atoms with E-state index in [4.69, 9.17) is 17.3 Å². The lowest BCUT2D eigenvalue weighted by Gasteiger charge is -2.20. The Bertz CT molecular complexity index is 651. The molecule has 0 aromatic heterocycles. The zero-order valence-corrected chi connectivity index (χ0v) is 13.4. The number of halogens is 2. The molecule has 0 aliphatic heterocycles. The van der Waals surface area contributed by atoms with Crippen molar-refractivity contribution in [3.63, 3.8) is 0 Å². The molecular weight excluding hydrogens is 321 g/mol. The predicted octanol–water partition coefficient (Wildman–Crippen LogP) is 1.21. The quantitative estimate of drug-likeness (QED) is 0.790. The van der Waals surface area contributed by atoms with Crippen LogP contribution in [0.1, 0.15) is 13.8 Å². The van der Waals surface area contributed by atoms with E-state index < -0.39 is 37.7 Å². The number of benzene rings is 1. The van der Waals surface area contributed by atoms with E-state index in [1.54, 1.807) is 6.92 Å². The number of hydrogen-bond donors (Lipinski definition) is 2. The third-order valence-electron chi connectivity index (χ3n) is 2.86. The summed E-state index contributed by atoms with van der Waals surface area (Å²) in [4.78, 5) is 12.5. The maximum Gasteiger partial charge on any atom is 0.244 e. The molecule has 0 aliphatic rings. The Kier molecular flexibility index (Phi) is 5.54. The summed E-state index contributed by atoms with van der Waals surface area (Å²) in [5.41, 5.74) is 5.47. The van der Waals surface area contributed by atoms with E-state index in [0.717, 1.165) is 12.1 Å². The van der Waals surface area contributed by atoms with Crippen molar-refractivity contribution >= 4 is 33.2 Å². The van der Waals surface area contributed by atoms with Crippen LogP contribution in [0.4, 0.5) is 10.1 Å². The highest BCUT2D eigenvalue weighted by molar-refractivity contribution is 7.89. The Morgan fingerprint density at radius 1 is 1.52 bits per heavy atom. The van der Waals surface area contributed by atoms with E-state index in [1.807, 2.05) is 0 Å². The summed E-state index contributed by atoms with van der Waals surface area (Å²) in [6.07, 6.45) is 0. The molecule has 1 aromatic carbocycles. The fraction of sp³-hybridized carbons (Fsp3) is 0.417. The molecule has 6 nitrogen and oxygen atoms in total. The molecule has 0 radical (unpaired) electrons. The number of hydrogen-bond acceptors (Lipinski definition) is 4. The van der Waals surface area contributed by atoms with Crippen molar-refractivity contribution in [2.24, 2.45) is 0 Å². The van der Waals surface area contributed by atoms with Gasteiger partial charge in [-0.2, -0.15) is 4.72 Å². The Labute approximate surface area is 128 Å². The van der Waals surface area contributed by atoms with Gasteiger partial charge in [0.15, 0.2) is 5.82 Å². The molecule has 9 heteroatoms. The van der Waals surface area contributed by atoms with E-state index in [0.29, 0.717) is 6.54 Å². The van der Waals surface area contributed by atoms with Gasteiger partial charge in [0.1, 0.15) is 4.90 Å². The van der Waals surface area contributed by atoms with Gasteiger partial charge in [-0.3, -0.25) is 4.79 Å². The van der Waals surface area contributed by atoms with Crippen LogP contribution in [0.2, 0.25) is 5.02 Å². The monoisotopic (exact) mass is 337 g/mol. The summed E-state index contributed by atoms with van der Waals surface area (Å²) in [5.74, 6) is -1.54. The third kappa shape index (κ3) is 4.05. The largest absolute Gasteiger partial charge is 0.399 e. The van der Waals surface area contributed by atoms with Crippen molar-refractivity contribution < 1.29 is 17.6 Å². The van der Waals surface area contributed by atoms with Gasteiger partial charge in [0.2, 0.25) is 15.9 Å². The number of rotatable bonds is 5. The third-order valence-corrected chi connectivity index (χ3v) is 4.67. The number of carbonyl (C=O) groups excluding carboxylic acids is 1. The highest BCUT2D eigenvalue weighted by atomic mass is 35.5. The summed E-state index contributed by atoms with van der Waals surface area (Å²) in [5, 5.41) is -0.403. The topological polar surface area (TPSA) is 92.5 Å². The van der Waals surface area contributed by atoms with E-state index in [2.05, 4.69) is 4.72 Å². The Balaban J connectivity index is 3.11. The van der Waals surface area contributed by atoms with Crippen molar-refractivity contribution in [3.8, 4) is 0 Å². The number of likely N-dealkylation sites (N-methyl/N-ethyl adjacent to an activating group) is 1. The fourth-order valence-corrected chi connectivity index (χ4v) is 3.23. The fourth-order valence-electron chi connectivity index (χ4n) is 1.61. The summed E-state index contributed by atoms with van der Waals surface area (Å²) in [6, 6.07) is 1.01. The minimum Gasteiger partial charge on any atom is -0.399 e. The summed E-state index contributed by atoms with van der Waals surface area (Å²) in [7, 11) is -2.73. The van der Waals surface area contributed by atoms with E-state index in [1.165, 1.54) is 18.9 Å². The van der Waals surface area contributed by atoms with Crippen molar-refractivity contribution in [1.29, 1.82) is 0 Å². The van der Waals surface area contributed by atoms with Crippen LogP contribution in [-0.2, 0) is 14.8 Å². The van der Waals surface area contributed by atoms with Gasteiger partial charge in [-0.05, 0) is 26.0 Å². The van der Waals surface area contributed by atoms with E-state index in [-0.39, 0.29) is 5.69 Å². The lowest BCUT2D eigenvalue weighted by molar-refractivity contribution is -0.131. The molecule has 0 heterocycles. The van der Waals surface area contributed by atoms with Crippen LogP contribution in [0, 0.1) is 5.82 Å². The van der Waals surface area contributed by atoms with Gasteiger partial charge in [0.05, 0.1) is 11.1 Å². The van der Waals surface area contributed by atoms with Crippen molar-refractivity contribution in [2.45, 2.75) is 24.8 Å². The molecule has 21 heavy (non-hydrogen) atoms. The molecule has 1 amide bonds. The number of anilines is 1. The van der Waals surface area contributed by atoms with Gasteiger partial charge in [0, 0.05) is 19.3 Å². The zero-order chi connectivity index (χ0) is 16.4. The summed E-state index contributed by atoms with van der Waals surface area (Å²) >= 11 is 5.57. The minimum atomic E-state index is -4.26.